The van der Waals surface area contributed by atoms with Gasteiger partial charge in [0, 0.05) is 19.3 Å². The van der Waals surface area contributed by atoms with Gasteiger partial charge in [-0.2, -0.15) is 5.10 Å². The van der Waals surface area contributed by atoms with Crippen LogP contribution in [0.5, 0.6) is 0 Å². The maximum Gasteiger partial charge on any atom is 0.287 e. The molecule has 0 spiro atoms. The molecule has 0 aliphatic rings. The summed E-state index contributed by atoms with van der Waals surface area (Å²) in [6.45, 7) is 0. The van der Waals surface area contributed by atoms with E-state index >= 15 is 0 Å². The summed E-state index contributed by atoms with van der Waals surface area (Å²) in [7, 11) is 3.24. The Morgan fingerprint density at radius 3 is 2.83 bits per heavy atom. The molecular weight excluding hydrogens is 271 g/mol. The number of hydrogen-bond acceptors (Lipinski definition) is 3. The first kappa shape index (κ1) is 11.2. The largest absolute Gasteiger partial charge is 0.469 e. The second kappa shape index (κ2) is 4.96. The van der Waals surface area contributed by atoms with Crippen molar-refractivity contribution in [2.24, 2.45) is 7.05 Å². The zero-order chi connectivity index (χ0) is 8.27. The topological polar surface area (TPSA) is 62.9 Å². The smallest absolute Gasteiger partial charge is 0.287 e. The van der Waals surface area contributed by atoms with E-state index in [0.29, 0.717) is 5.82 Å². The Hall–Kier alpha value is -0.790. The van der Waals surface area contributed by atoms with Crippen LogP contribution in [0.4, 0.5) is 5.82 Å². The van der Waals surface area contributed by atoms with Crippen LogP contribution >= 0.6 is 24.0 Å². The van der Waals surface area contributed by atoms with Gasteiger partial charge in [0.25, 0.3) is 6.02 Å². The highest BCUT2D eigenvalue weighted by Gasteiger charge is 1.97. The Labute approximate surface area is 87.6 Å². The van der Waals surface area contributed by atoms with Gasteiger partial charge in [0.1, 0.15) is 0 Å². The summed E-state index contributed by atoms with van der Waals surface area (Å²) >= 11 is 0. The van der Waals surface area contributed by atoms with Gasteiger partial charge in [0.15, 0.2) is 5.82 Å². The van der Waals surface area contributed by atoms with Gasteiger partial charge in [-0.05, 0) is 0 Å². The maximum absolute atomic E-state index is 7.10. The minimum Gasteiger partial charge on any atom is -0.469 e. The number of ether oxygens (including phenoxy) is 1. The molecule has 0 aromatic carbocycles. The minimum atomic E-state index is -0.0105. The molecule has 1 heterocycles. The molecule has 1 rings (SSSR count). The Morgan fingerprint density at radius 1 is 1.75 bits per heavy atom. The first-order valence-electron chi connectivity index (χ1n) is 3.11. The molecule has 6 heteroatoms. The molecule has 0 unspecified atom stereocenters. The molecule has 0 bridgehead atoms. The highest BCUT2D eigenvalue weighted by molar-refractivity contribution is 14.0. The van der Waals surface area contributed by atoms with Crippen LogP contribution in [0.3, 0.4) is 0 Å². The lowest BCUT2D eigenvalue weighted by Gasteiger charge is -2.00. The van der Waals surface area contributed by atoms with Crippen LogP contribution in [-0.4, -0.2) is 22.9 Å². The summed E-state index contributed by atoms with van der Waals surface area (Å²) in [4.78, 5) is 0. The maximum atomic E-state index is 7.10. The average Bonchev–Trinajstić information content (AvgIpc) is 2.35. The van der Waals surface area contributed by atoms with Crippen molar-refractivity contribution in [3.8, 4) is 0 Å². The van der Waals surface area contributed by atoms with Gasteiger partial charge in [-0.1, -0.05) is 0 Å². The van der Waals surface area contributed by atoms with Gasteiger partial charge < -0.3 is 4.74 Å². The van der Waals surface area contributed by atoms with E-state index in [-0.39, 0.29) is 30.0 Å². The van der Waals surface area contributed by atoms with Crippen LogP contribution in [0.25, 0.3) is 0 Å². The Morgan fingerprint density at radius 2 is 2.42 bits per heavy atom. The zero-order valence-corrected chi connectivity index (χ0v) is 9.20. The zero-order valence-electron chi connectivity index (χ0n) is 6.87. The molecule has 0 saturated heterocycles. The molecule has 0 amide bonds. The fraction of sp³-hybridized carbons (Fsp3) is 0.333. The van der Waals surface area contributed by atoms with Crippen molar-refractivity contribution in [2.45, 2.75) is 0 Å². The highest BCUT2D eigenvalue weighted by atomic mass is 127. The predicted molar refractivity (Wildman–Crippen MR) is 57.0 cm³/mol. The summed E-state index contributed by atoms with van der Waals surface area (Å²) < 4.78 is 6.23. The van der Waals surface area contributed by atoms with E-state index in [2.05, 4.69) is 15.2 Å². The lowest BCUT2D eigenvalue weighted by atomic mass is 10.6. The van der Waals surface area contributed by atoms with E-state index in [9.17, 15) is 0 Å². The summed E-state index contributed by atoms with van der Waals surface area (Å²) in [6.07, 6.45) is 1.78. The standard InChI is InChI=1S/C6H10N4O.HI/c1-10-4-3-5(9-10)8-6(7)11-2;/h3-4H,1-2H3,(H2,7,8,9);1H. The summed E-state index contributed by atoms with van der Waals surface area (Å²) in [6, 6.07) is 1.75. The van der Waals surface area contributed by atoms with Gasteiger partial charge in [-0.25, -0.2) is 0 Å². The van der Waals surface area contributed by atoms with Crippen LogP contribution in [0.1, 0.15) is 0 Å². The van der Waals surface area contributed by atoms with E-state index < -0.39 is 0 Å². The van der Waals surface area contributed by atoms with Crippen LogP contribution < -0.4 is 5.32 Å². The van der Waals surface area contributed by atoms with E-state index in [4.69, 9.17) is 5.41 Å². The Balaban J connectivity index is 0.00000121. The molecule has 0 fully saturated rings. The number of anilines is 1. The lowest BCUT2D eigenvalue weighted by Crippen LogP contribution is -2.12. The van der Waals surface area contributed by atoms with Crippen molar-refractivity contribution in [2.75, 3.05) is 12.4 Å². The van der Waals surface area contributed by atoms with Gasteiger partial charge in [-0.15, -0.1) is 24.0 Å². The van der Waals surface area contributed by atoms with Crippen molar-refractivity contribution in [3.63, 3.8) is 0 Å². The molecule has 5 nitrogen and oxygen atoms in total. The third-order valence-corrected chi connectivity index (χ3v) is 1.16. The van der Waals surface area contributed by atoms with Crippen molar-refractivity contribution in [1.82, 2.24) is 9.78 Å². The SMILES string of the molecule is COC(=N)Nc1ccn(C)n1.I. The molecule has 0 aliphatic carbocycles. The third-order valence-electron chi connectivity index (χ3n) is 1.16. The molecule has 1 aromatic rings. The second-order valence-electron chi connectivity index (χ2n) is 2.03. The molecule has 0 atom stereocenters. The van der Waals surface area contributed by atoms with Gasteiger partial charge >= 0.3 is 0 Å². The normalized spacial score (nSPS) is 8.50. The summed E-state index contributed by atoms with van der Waals surface area (Å²) in [5.74, 6) is 0.611. The van der Waals surface area contributed by atoms with E-state index in [1.807, 2.05) is 7.05 Å². The average molecular weight is 282 g/mol. The van der Waals surface area contributed by atoms with Crippen LogP contribution in [0, 0.1) is 5.41 Å². The predicted octanol–water partition coefficient (Wildman–Crippen LogP) is 1.03. The van der Waals surface area contributed by atoms with Crippen molar-refractivity contribution >= 4 is 35.8 Å². The van der Waals surface area contributed by atoms with Gasteiger partial charge in [-0.3, -0.25) is 15.4 Å². The number of nitrogens with one attached hydrogen (secondary N) is 2. The number of nitrogens with zero attached hydrogens (tertiary/aromatic N) is 2. The lowest BCUT2D eigenvalue weighted by molar-refractivity contribution is 0.398. The fourth-order valence-corrected chi connectivity index (χ4v) is 0.649. The first-order chi connectivity index (χ1) is 5.22. The van der Waals surface area contributed by atoms with Gasteiger partial charge in [0.2, 0.25) is 0 Å². The summed E-state index contributed by atoms with van der Waals surface area (Å²) in [5, 5.41) is 13.7. The number of rotatable bonds is 1. The van der Waals surface area contributed by atoms with E-state index in [1.54, 1.807) is 16.9 Å². The summed E-state index contributed by atoms with van der Waals surface area (Å²) in [5.41, 5.74) is 0. The Kier molecular flexibility index (Phi) is 4.64. The molecule has 2 N–H and O–H groups in total. The Bertz CT molecular complexity index is 260. The van der Waals surface area contributed by atoms with Crippen molar-refractivity contribution in [1.29, 1.82) is 5.41 Å². The van der Waals surface area contributed by atoms with Crippen LogP contribution in [-0.2, 0) is 11.8 Å². The fourth-order valence-electron chi connectivity index (χ4n) is 0.649. The van der Waals surface area contributed by atoms with E-state index in [0.717, 1.165) is 0 Å². The number of halogens is 1. The van der Waals surface area contributed by atoms with Gasteiger partial charge in [0.05, 0.1) is 7.11 Å². The molecule has 68 valence electrons. The molecular formula is C6H11IN4O. The number of aryl methyl sites for hydroxylation is 1. The van der Waals surface area contributed by atoms with Crippen molar-refractivity contribution in [3.05, 3.63) is 12.3 Å². The molecule has 12 heavy (non-hydrogen) atoms. The monoisotopic (exact) mass is 282 g/mol. The second-order valence-corrected chi connectivity index (χ2v) is 2.03. The molecule has 0 saturated carbocycles. The minimum absolute atomic E-state index is 0. The number of amidine groups is 1. The highest BCUT2D eigenvalue weighted by Crippen LogP contribution is 1.99. The quantitative estimate of drug-likeness (QED) is 0.459. The van der Waals surface area contributed by atoms with E-state index in [1.165, 1.54) is 7.11 Å². The van der Waals surface area contributed by atoms with Crippen LogP contribution in [0.2, 0.25) is 0 Å². The third kappa shape index (κ3) is 3.07. The molecule has 0 radical (unpaired) electrons. The van der Waals surface area contributed by atoms with Crippen molar-refractivity contribution < 1.29 is 4.74 Å². The number of methoxy groups -OCH3 is 1. The van der Waals surface area contributed by atoms with Crippen LogP contribution in [0.15, 0.2) is 12.3 Å². The number of hydrogen-bond donors (Lipinski definition) is 2. The molecule has 1 aromatic heterocycles. The first-order valence-corrected chi connectivity index (χ1v) is 3.11. The number of aromatic nitrogens is 2. The molecule has 0 aliphatic heterocycles.